The van der Waals surface area contributed by atoms with Crippen LogP contribution in [0.3, 0.4) is 0 Å². The molecular weight excluding hydrogens is 176 g/mol. The quantitative estimate of drug-likeness (QED) is 0.452. The number of hydrogen-bond donors (Lipinski definition) is 0. The molecule has 0 bridgehead atoms. The summed E-state index contributed by atoms with van der Waals surface area (Å²) in [5, 5.41) is 0. The lowest BCUT2D eigenvalue weighted by molar-refractivity contribution is 0.352. The summed E-state index contributed by atoms with van der Waals surface area (Å²) in [6, 6.07) is 1.46. The molecule has 77 valence electrons. The van der Waals surface area contributed by atoms with E-state index in [0.29, 0.717) is 12.2 Å². The van der Waals surface area contributed by atoms with Crippen LogP contribution in [0.1, 0.15) is 39.0 Å². The molecule has 1 nitrogen and oxygen atoms in total. The highest BCUT2D eigenvalue weighted by Gasteiger charge is 2.36. The normalized spacial score (nSPS) is 26.8. The molecule has 2 atom stereocenters. The molecule has 0 aromatic heterocycles. The maximum Gasteiger partial charge on any atom is 0.0841 e. The maximum absolute atomic E-state index is 5.61. The van der Waals surface area contributed by atoms with Gasteiger partial charge in [0.05, 0.1) is 12.2 Å². The number of unbranched alkanes of at least 4 members (excludes halogenated alkanes) is 1. The highest BCUT2D eigenvalue weighted by atomic mass is 28.3. The Bertz CT molecular complexity index is 136. The zero-order valence-corrected chi connectivity index (χ0v) is 10.3. The van der Waals surface area contributed by atoms with E-state index in [1.807, 2.05) is 0 Å². The van der Waals surface area contributed by atoms with Crippen molar-refractivity contribution >= 4 is 8.80 Å². The van der Waals surface area contributed by atoms with Crippen molar-refractivity contribution in [3.8, 4) is 0 Å². The number of rotatable bonds is 7. The van der Waals surface area contributed by atoms with Crippen molar-refractivity contribution in [3.05, 3.63) is 0 Å². The van der Waals surface area contributed by atoms with E-state index in [4.69, 9.17) is 4.74 Å². The molecule has 0 aliphatic carbocycles. The molecule has 1 fully saturated rings. The molecule has 1 saturated heterocycles. The second kappa shape index (κ2) is 5.81. The second-order valence-corrected chi connectivity index (χ2v) is 7.37. The summed E-state index contributed by atoms with van der Waals surface area (Å²) in [6.07, 6.45) is 7.97. The average Bonchev–Trinajstić information content (AvgIpc) is 2.80. The lowest BCUT2D eigenvalue weighted by Crippen LogP contribution is -2.00. The van der Waals surface area contributed by atoms with Gasteiger partial charge < -0.3 is 4.74 Å². The second-order valence-electron chi connectivity index (χ2n) is 4.45. The van der Waals surface area contributed by atoms with E-state index in [2.05, 4.69) is 20.0 Å². The molecule has 1 aliphatic heterocycles. The molecule has 2 heteroatoms. The number of epoxide rings is 1. The van der Waals surface area contributed by atoms with Gasteiger partial charge in [-0.1, -0.05) is 45.3 Å². The molecule has 1 aliphatic rings. The summed E-state index contributed by atoms with van der Waals surface area (Å²) in [5.41, 5.74) is 0. The lowest BCUT2D eigenvalue weighted by Gasteiger charge is -1.99. The number of ether oxygens (including phenoxy) is 1. The van der Waals surface area contributed by atoms with E-state index in [-0.39, 0.29) is 8.80 Å². The monoisotopic (exact) mass is 199 g/mol. The summed E-state index contributed by atoms with van der Waals surface area (Å²) >= 11 is 0. The summed E-state index contributed by atoms with van der Waals surface area (Å²) in [4.78, 5) is 0. The molecule has 0 saturated carbocycles. The van der Waals surface area contributed by atoms with Gasteiger partial charge in [-0.05, 0) is 12.8 Å². The maximum atomic E-state index is 5.61. The molecule has 0 N–H and O–H groups in total. The van der Waals surface area contributed by atoms with Crippen molar-refractivity contribution in [1.29, 1.82) is 0 Å². The Morgan fingerprint density at radius 2 is 1.69 bits per heavy atom. The molecular formula is C11H23OSi. The van der Waals surface area contributed by atoms with Gasteiger partial charge in [-0.2, -0.15) is 0 Å². The third kappa shape index (κ3) is 4.82. The van der Waals surface area contributed by atoms with Gasteiger partial charge in [0.25, 0.3) is 0 Å². The Morgan fingerprint density at radius 1 is 1.08 bits per heavy atom. The minimum atomic E-state index is 0.00808. The Balaban J connectivity index is 1.89. The van der Waals surface area contributed by atoms with Gasteiger partial charge in [0.1, 0.15) is 0 Å². The van der Waals surface area contributed by atoms with Crippen LogP contribution in [0.25, 0.3) is 0 Å². The van der Waals surface area contributed by atoms with Crippen LogP contribution in [0.15, 0.2) is 0 Å². The molecule has 13 heavy (non-hydrogen) atoms. The van der Waals surface area contributed by atoms with Gasteiger partial charge in [-0.25, -0.2) is 0 Å². The van der Waals surface area contributed by atoms with Gasteiger partial charge in [0.2, 0.25) is 0 Å². The summed E-state index contributed by atoms with van der Waals surface area (Å²) in [6.45, 7) is 7.04. The molecule has 0 amide bonds. The molecule has 1 radical (unpaired) electrons. The van der Waals surface area contributed by atoms with E-state index in [1.165, 1.54) is 38.1 Å². The third-order valence-corrected chi connectivity index (χ3v) is 4.05. The van der Waals surface area contributed by atoms with Crippen molar-refractivity contribution in [1.82, 2.24) is 0 Å². The standard InChI is InChI=1S/C11H23OSi/c1-4-5-7-10-11(12-10)8-6-9-13(2)3/h10-11H,4-9H2,1-3H3. The van der Waals surface area contributed by atoms with Crippen LogP contribution in [0.2, 0.25) is 19.1 Å². The van der Waals surface area contributed by atoms with Crippen molar-refractivity contribution in [2.75, 3.05) is 0 Å². The van der Waals surface area contributed by atoms with Gasteiger partial charge in [0, 0.05) is 8.80 Å². The topological polar surface area (TPSA) is 12.5 Å². The van der Waals surface area contributed by atoms with E-state index in [1.54, 1.807) is 0 Å². The Labute approximate surface area is 84.5 Å². The zero-order valence-electron chi connectivity index (χ0n) is 9.31. The van der Waals surface area contributed by atoms with E-state index >= 15 is 0 Å². The first-order chi connectivity index (χ1) is 6.24. The van der Waals surface area contributed by atoms with Crippen LogP contribution >= 0.6 is 0 Å². The van der Waals surface area contributed by atoms with Crippen LogP contribution < -0.4 is 0 Å². The van der Waals surface area contributed by atoms with Crippen LogP contribution in [0.5, 0.6) is 0 Å². The number of hydrogen-bond acceptors (Lipinski definition) is 1. The summed E-state index contributed by atoms with van der Waals surface area (Å²) in [7, 11) is 0.00808. The molecule has 0 aromatic carbocycles. The first-order valence-corrected chi connectivity index (χ1v) is 8.39. The van der Waals surface area contributed by atoms with Gasteiger partial charge >= 0.3 is 0 Å². The Kier molecular flexibility index (Phi) is 5.03. The zero-order chi connectivity index (χ0) is 9.68. The smallest absolute Gasteiger partial charge is 0.0841 e. The van der Waals surface area contributed by atoms with E-state index < -0.39 is 0 Å². The van der Waals surface area contributed by atoms with Crippen molar-refractivity contribution in [3.63, 3.8) is 0 Å². The highest BCUT2D eigenvalue weighted by molar-refractivity contribution is 6.55. The molecule has 1 rings (SSSR count). The Hall–Kier alpha value is 0.177. The Morgan fingerprint density at radius 3 is 2.23 bits per heavy atom. The molecule has 0 aromatic rings. The van der Waals surface area contributed by atoms with Gasteiger partial charge in [-0.15, -0.1) is 0 Å². The first kappa shape index (κ1) is 11.3. The molecule has 2 unspecified atom stereocenters. The van der Waals surface area contributed by atoms with Gasteiger partial charge in [0.15, 0.2) is 0 Å². The lowest BCUT2D eigenvalue weighted by atomic mass is 10.1. The minimum absolute atomic E-state index is 0.00808. The fourth-order valence-corrected chi connectivity index (χ4v) is 2.66. The van der Waals surface area contributed by atoms with Crippen LogP contribution in [0, 0.1) is 0 Å². The first-order valence-electron chi connectivity index (χ1n) is 5.68. The van der Waals surface area contributed by atoms with Gasteiger partial charge in [-0.3, -0.25) is 0 Å². The van der Waals surface area contributed by atoms with Crippen molar-refractivity contribution in [2.24, 2.45) is 0 Å². The fraction of sp³-hybridized carbons (Fsp3) is 1.00. The fourth-order valence-electron chi connectivity index (χ4n) is 1.75. The predicted molar refractivity (Wildman–Crippen MR) is 59.7 cm³/mol. The van der Waals surface area contributed by atoms with E-state index in [0.717, 1.165) is 0 Å². The third-order valence-electron chi connectivity index (χ3n) is 2.70. The summed E-state index contributed by atoms with van der Waals surface area (Å²) < 4.78 is 5.61. The van der Waals surface area contributed by atoms with E-state index in [9.17, 15) is 0 Å². The highest BCUT2D eigenvalue weighted by Crippen LogP contribution is 2.31. The molecule has 1 heterocycles. The van der Waals surface area contributed by atoms with Crippen molar-refractivity contribution < 1.29 is 4.74 Å². The van der Waals surface area contributed by atoms with Crippen LogP contribution in [-0.2, 0) is 4.74 Å². The largest absolute Gasteiger partial charge is 0.370 e. The minimum Gasteiger partial charge on any atom is -0.370 e. The van der Waals surface area contributed by atoms with Crippen LogP contribution in [0.4, 0.5) is 0 Å². The van der Waals surface area contributed by atoms with Crippen LogP contribution in [-0.4, -0.2) is 21.0 Å². The van der Waals surface area contributed by atoms with Crippen molar-refractivity contribution in [2.45, 2.75) is 70.4 Å². The average molecular weight is 199 g/mol. The SMILES string of the molecule is CCCCC1OC1CCC[Si](C)C. The predicted octanol–water partition coefficient (Wildman–Crippen LogP) is 3.48. The summed E-state index contributed by atoms with van der Waals surface area (Å²) in [5.74, 6) is 0. The molecule has 0 spiro atoms.